The molecule has 0 amide bonds. The molecule has 0 fully saturated rings. The van der Waals surface area contributed by atoms with Crippen molar-refractivity contribution in [3.05, 3.63) is 314 Å². The molecule has 0 spiro atoms. The van der Waals surface area contributed by atoms with Gasteiger partial charge in [-0.3, -0.25) is 0 Å². The first-order valence-electron chi connectivity index (χ1n) is 39.7. The first kappa shape index (κ1) is 52.9. The molecule has 6 heterocycles. The summed E-state index contributed by atoms with van der Waals surface area (Å²) in [4.78, 5) is 5.00. The Hall–Kier alpha value is -12.1. The average molecular weight is 1330 g/mol. The highest BCUT2D eigenvalue weighted by molar-refractivity contribution is 7.00. The Bertz CT molecular complexity index is 6930. The van der Waals surface area contributed by atoms with Crippen LogP contribution in [-0.2, 0) is 16.2 Å². The second-order valence-electron chi connectivity index (χ2n) is 31.1. The van der Waals surface area contributed by atoms with Gasteiger partial charge in [0.05, 0.1) is 60.8 Å². The van der Waals surface area contributed by atoms with Gasteiger partial charge >= 0.3 is 0 Å². The summed E-state index contributed by atoms with van der Waals surface area (Å²) >= 11 is 0. The molecule has 7 heteroatoms. The van der Waals surface area contributed by atoms with Crippen LogP contribution >= 0.6 is 0 Å². The second kappa shape index (κ2) is 22.2. The highest BCUT2D eigenvalue weighted by atomic mass is 16.3. The van der Waals surface area contributed by atoms with Crippen LogP contribution in [0.25, 0.3) is 127 Å². The molecule has 2 aliphatic rings. The third kappa shape index (κ3) is 9.20. The molecule has 20 rings (SSSR count). The Labute approximate surface area is 611 Å². The number of anilines is 6. The van der Waals surface area contributed by atoms with Crippen LogP contribution in [0.2, 0.25) is 0 Å². The lowest BCUT2D eigenvalue weighted by Crippen LogP contribution is -2.61. The summed E-state index contributed by atoms with van der Waals surface area (Å²) in [6.07, 6.45) is 0. The van der Waals surface area contributed by atoms with Gasteiger partial charge in [0.1, 0.15) is 11.2 Å². The molecule has 0 saturated carbocycles. The lowest BCUT2D eigenvalue weighted by atomic mass is 9.33. The SMILES string of the molecule is [2H]c1c([2H])c([2H])c2c(c1[2H])c1c([2H])c([2H])c([2H])c([2H])c1n2-c1ccc2c(c1)N(c1cc(-c3ccccc3)cc3c1c1ccccc1n3-c1ccccc1)c1cc(C(C)(C)C)cc3c1B2c1ccc(-n2c4ccc(C(C)(C)C)cc4c4cc(C(C)(C)C)ccc42)cc1N3c1c(-c2ccccc2)ccc2oc3ccccc3c12. The van der Waals surface area contributed by atoms with Crippen molar-refractivity contribution in [3.63, 3.8) is 0 Å². The number of nitrogens with zero attached hydrogens (tertiary/aromatic N) is 5. The first-order valence-corrected chi connectivity index (χ1v) is 35.7. The third-order valence-corrected chi connectivity index (χ3v) is 21.9. The van der Waals surface area contributed by atoms with Crippen molar-refractivity contribution in [1.82, 2.24) is 13.7 Å². The molecule has 0 radical (unpaired) electrons. The van der Waals surface area contributed by atoms with Crippen molar-refractivity contribution in [2.45, 2.75) is 78.6 Å². The zero-order chi connectivity index (χ0) is 76.5. The summed E-state index contributed by atoms with van der Waals surface area (Å²) in [5.41, 5.74) is 23.3. The van der Waals surface area contributed by atoms with Gasteiger partial charge < -0.3 is 27.9 Å². The molecule has 0 N–H and O–H groups in total. The molecule has 0 unspecified atom stereocenters. The van der Waals surface area contributed by atoms with Crippen LogP contribution in [-0.4, -0.2) is 20.4 Å². The Morgan fingerprint density at radius 3 is 1.43 bits per heavy atom. The minimum Gasteiger partial charge on any atom is -0.456 e. The summed E-state index contributed by atoms with van der Waals surface area (Å²) < 4.78 is 89.3. The van der Waals surface area contributed by atoms with Gasteiger partial charge in [0, 0.05) is 83.1 Å². The molecular weight excluding hydrogens is 1250 g/mol. The molecule has 14 aromatic carbocycles. The van der Waals surface area contributed by atoms with Crippen LogP contribution in [0, 0.1) is 0 Å². The number of aromatic nitrogens is 3. The summed E-state index contributed by atoms with van der Waals surface area (Å²) in [5, 5.41) is 6.29. The van der Waals surface area contributed by atoms with Crippen LogP contribution in [0.5, 0.6) is 0 Å². The van der Waals surface area contributed by atoms with Crippen LogP contribution < -0.4 is 26.2 Å². The minimum absolute atomic E-state index is 0.00769. The topological polar surface area (TPSA) is 34.4 Å². The van der Waals surface area contributed by atoms with E-state index in [9.17, 15) is 8.22 Å². The van der Waals surface area contributed by atoms with Crippen molar-refractivity contribution in [1.29, 1.82) is 0 Å². The molecule has 0 aliphatic carbocycles. The van der Waals surface area contributed by atoms with E-state index in [2.05, 4.69) is 306 Å². The number of para-hydroxylation sites is 5. The van der Waals surface area contributed by atoms with Gasteiger partial charge in [-0.25, -0.2) is 0 Å². The van der Waals surface area contributed by atoms with E-state index in [4.69, 9.17) is 7.16 Å². The maximum absolute atomic E-state index is 9.88. The maximum Gasteiger partial charge on any atom is 0.252 e. The van der Waals surface area contributed by atoms with Crippen LogP contribution in [0.1, 0.15) is 90.0 Å². The normalized spacial score (nSPS) is 14.3. The summed E-state index contributed by atoms with van der Waals surface area (Å²) in [5.74, 6) is 0. The zero-order valence-corrected chi connectivity index (χ0v) is 58.9. The van der Waals surface area contributed by atoms with E-state index in [1.807, 2.05) is 24.3 Å². The predicted molar refractivity (Wildman–Crippen MR) is 438 cm³/mol. The minimum atomic E-state index is -0.516. The predicted octanol–water partition coefficient (Wildman–Crippen LogP) is 24.2. The van der Waals surface area contributed by atoms with Crippen molar-refractivity contribution in [3.8, 4) is 39.3 Å². The molecule has 0 atom stereocenters. The van der Waals surface area contributed by atoms with Crippen LogP contribution in [0.4, 0.5) is 34.1 Å². The van der Waals surface area contributed by atoms with Gasteiger partial charge in [-0.05, 0) is 187 Å². The van der Waals surface area contributed by atoms with Crippen molar-refractivity contribution in [2.75, 3.05) is 9.80 Å². The van der Waals surface area contributed by atoms with Crippen LogP contribution in [0.15, 0.2) is 301 Å². The highest BCUT2D eigenvalue weighted by Gasteiger charge is 2.46. The Morgan fingerprint density at radius 2 is 0.816 bits per heavy atom. The fraction of sp³-hybridized carbons (Fsp3) is 0.125. The van der Waals surface area contributed by atoms with Gasteiger partial charge in [-0.15, -0.1) is 0 Å². The largest absolute Gasteiger partial charge is 0.456 e. The number of hydrogen-bond acceptors (Lipinski definition) is 3. The van der Waals surface area contributed by atoms with E-state index in [0.29, 0.717) is 5.69 Å². The monoisotopic (exact) mass is 1330 g/mol. The Morgan fingerprint density at radius 1 is 0.311 bits per heavy atom. The highest BCUT2D eigenvalue weighted by Crippen LogP contribution is 2.55. The molecule has 6 nitrogen and oxygen atoms in total. The lowest BCUT2D eigenvalue weighted by Gasteiger charge is -2.46. The Balaban J connectivity index is 0.983. The van der Waals surface area contributed by atoms with E-state index in [1.165, 1.54) is 21.9 Å². The molecule has 0 bridgehead atoms. The molecule has 4 aromatic heterocycles. The summed E-state index contributed by atoms with van der Waals surface area (Å²) in [6, 6.07) is 86.4. The van der Waals surface area contributed by atoms with Gasteiger partial charge in [-0.2, -0.15) is 0 Å². The maximum atomic E-state index is 9.88. The molecular formula is C96H76BN5O. The lowest BCUT2D eigenvalue weighted by molar-refractivity contribution is 0.590. The number of rotatable bonds is 7. The van der Waals surface area contributed by atoms with Gasteiger partial charge in [0.2, 0.25) is 0 Å². The van der Waals surface area contributed by atoms with Gasteiger partial charge in [0.25, 0.3) is 6.71 Å². The van der Waals surface area contributed by atoms with Crippen molar-refractivity contribution < 1.29 is 15.4 Å². The quantitative estimate of drug-likeness (QED) is 0.149. The van der Waals surface area contributed by atoms with E-state index < -0.39 is 48.4 Å². The number of benzene rings is 14. The standard InChI is InChI=1S/C96H76BN5O/c1-94(2,3)62-41-48-80-73(53-62)74-54-63(95(4,5)6)42-49-81(74)100(80)67-44-47-76-83(58-67)102(93-68(60-29-15-11-16-30-60)45-50-89-91(93)72-36-22-26-40-88(72)103-89)87-56-64(96(7,8)9)55-86-92(87)97(76)75-46-43-66(99-77-37-23-19-33-69(77)70-34-20-24-38-78(70)99)57-82(75)101(86)85-52-61(59-27-13-10-14-28-59)51-84-90(85)71-35-21-25-39-79(71)98(84)65-31-17-12-18-32-65/h10-58H,1-9H3/i19D,20D,23D,24D,33D,34D,37D,38D. The van der Waals surface area contributed by atoms with E-state index in [0.717, 1.165) is 144 Å². The van der Waals surface area contributed by atoms with E-state index in [1.54, 1.807) is 4.57 Å². The third-order valence-electron chi connectivity index (χ3n) is 21.9. The Kier molecular flexibility index (Phi) is 11.4. The summed E-state index contributed by atoms with van der Waals surface area (Å²) in [6.45, 7) is 20.0. The van der Waals surface area contributed by atoms with E-state index in [-0.39, 0.29) is 44.7 Å². The summed E-state index contributed by atoms with van der Waals surface area (Å²) in [7, 11) is 0. The van der Waals surface area contributed by atoms with Crippen molar-refractivity contribution in [2.24, 2.45) is 0 Å². The fourth-order valence-electron chi connectivity index (χ4n) is 16.9. The zero-order valence-electron chi connectivity index (χ0n) is 66.9. The molecule has 494 valence electrons. The van der Waals surface area contributed by atoms with Crippen molar-refractivity contribution >= 4 is 145 Å². The average Bonchev–Trinajstić information content (AvgIpc) is 1.65. The number of furan rings is 1. The number of hydrogen-bond donors (Lipinski definition) is 0. The molecule has 0 saturated heterocycles. The smallest absolute Gasteiger partial charge is 0.252 e. The van der Waals surface area contributed by atoms with E-state index >= 15 is 0 Å². The fourth-order valence-corrected chi connectivity index (χ4v) is 16.9. The number of fused-ring (bicyclic) bond motifs is 16. The first-order chi connectivity index (χ1) is 53.3. The van der Waals surface area contributed by atoms with Gasteiger partial charge in [-0.1, -0.05) is 238 Å². The second-order valence-corrected chi connectivity index (χ2v) is 31.1. The molecule has 18 aromatic rings. The molecule has 103 heavy (non-hydrogen) atoms. The van der Waals surface area contributed by atoms with Gasteiger partial charge in [0.15, 0.2) is 0 Å². The van der Waals surface area contributed by atoms with Crippen LogP contribution in [0.3, 0.4) is 0 Å². The molecule has 2 aliphatic heterocycles.